The second kappa shape index (κ2) is 5.83. The summed E-state index contributed by atoms with van der Waals surface area (Å²) in [6.45, 7) is 5.24. The van der Waals surface area contributed by atoms with Crippen LogP contribution in [0.3, 0.4) is 0 Å². The summed E-state index contributed by atoms with van der Waals surface area (Å²) in [5.74, 6) is 0.756. The third-order valence-electron chi connectivity index (χ3n) is 3.57. The standard InChI is InChI=1S/C12H24N2O/c15-9-5-11-4-8-14(10-11)7-1-6-13-12-2-3-12/h11-13,15H,1-10H2. The maximum Gasteiger partial charge on any atom is 0.0434 e. The van der Waals surface area contributed by atoms with Crippen molar-refractivity contribution in [1.82, 2.24) is 10.2 Å². The quantitative estimate of drug-likeness (QED) is 0.614. The van der Waals surface area contributed by atoms with Crippen molar-refractivity contribution < 1.29 is 5.11 Å². The Morgan fingerprint density at radius 1 is 1.27 bits per heavy atom. The molecular weight excluding hydrogens is 188 g/mol. The van der Waals surface area contributed by atoms with Crippen LogP contribution >= 0.6 is 0 Å². The van der Waals surface area contributed by atoms with E-state index in [-0.39, 0.29) is 0 Å². The number of hydrogen-bond donors (Lipinski definition) is 2. The van der Waals surface area contributed by atoms with Crippen molar-refractivity contribution in [2.75, 3.05) is 32.8 Å². The highest BCUT2D eigenvalue weighted by Gasteiger charge is 2.22. The Kier molecular flexibility index (Phi) is 4.42. The van der Waals surface area contributed by atoms with Crippen molar-refractivity contribution in [2.45, 2.75) is 38.1 Å². The Morgan fingerprint density at radius 2 is 2.13 bits per heavy atom. The van der Waals surface area contributed by atoms with Gasteiger partial charge in [0.25, 0.3) is 0 Å². The van der Waals surface area contributed by atoms with Gasteiger partial charge in [0, 0.05) is 19.2 Å². The summed E-state index contributed by atoms with van der Waals surface area (Å²) in [5.41, 5.74) is 0. The fraction of sp³-hybridized carbons (Fsp3) is 1.00. The third-order valence-corrected chi connectivity index (χ3v) is 3.57. The summed E-state index contributed by atoms with van der Waals surface area (Å²) in [6, 6.07) is 0.853. The third kappa shape index (κ3) is 4.09. The van der Waals surface area contributed by atoms with Crippen LogP contribution < -0.4 is 5.32 Å². The maximum atomic E-state index is 8.87. The molecule has 0 aromatic heterocycles. The number of likely N-dealkylation sites (tertiary alicyclic amines) is 1. The molecule has 2 fully saturated rings. The first-order valence-corrected chi connectivity index (χ1v) is 6.45. The van der Waals surface area contributed by atoms with Crippen molar-refractivity contribution in [3.05, 3.63) is 0 Å². The topological polar surface area (TPSA) is 35.5 Å². The molecule has 1 saturated carbocycles. The van der Waals surface area contributed by atoms with Crippen LogP contribution in [-0.4, -0.2) is 48.8 Å². The van der Waals surface area contributed by atoms with Gasteiger partial charge in [0.1, 0.15) is 0 Å². The van der Waals surface area contributed by atoms with E-state index in [1.54, 1.807) is 0 Å². The molecule has 1 aliphatic carbocycles. The van der Waals surface area contributed by atoms with Gasteiger partial charge in [0.05, 0.1) is 0 Å². The molecule has 0 amide bonds. The monoisotopic (exact) mass is 212 g/mol. The Balaban J connectivity index is 1.48. The molecule has 1 unspecified atom stereocenters. The minimum absolute atomic E-state index is 0.363. The molecule has 2 N–H and O–H groups in total. The number of nitrogens with one attached hydrogen (secondary N) is 1. The average Bonchev–Trinajstić information content (AvgIpc) is 2.95. The van der Waals surface area contributed by atoms with Crippen LogP contribution in [0.4, 0.5) is 0 Å². The van der Waals surface area contributed by atoms with E-state index in [9.17, 15) is 0 Å². The second-order valence-electron chi connectivity index (χ2n) is 5.05. The zero-order chi connectivity index (χ0) is 10.5. The molecule has 3 nitrogen and oxygen atoms in total. The van der Waals surface area contributed by atoms with Gasteiger partial charge < -0.3 is 15.3 Å². The van der Waals surface area contributed by atoms with Gasteiger partial charge in [0.15, 0.2) is 0 Å². The minimum atomic E-state index is 0.363. The van der Waals surface area contributed by atoms with Crippen LogP contribution in [0, 0.1) is 5.92 Å². The molecule has 15 heavy (non-hydrogen) atoms. The Labute approximate surface area is 92.8 Å². The van der Waals surface area contributed by atoms with Crippen LogP contribution in [0.25, 0.3) is 0 Å². The fourth-order valence-electron chi connectivity index (χ4n) is 2.43. The molecule has 1 saturated heterocycles. The smallest absolute Gasteiger partial charge is 0.0434 e. The van der Waals surface area contributed by atoms with Crippen molar-refractivity contribution in [3.63, 3.8) is 0 Å². The molecular formula is C12H24N2O. The lowest BCUT2D eigenvalue weighted by molar-refractivity contribution is 0.250. The van der Waals surface area contributed by atoms with E-state index in [1.807, 2.05) is 0 Å². The molecule has 0 radical (unpaired) electrons. The van der Waals surface area contributed by atoms with Crippen molar-refractivity contribution >= 4 is 0 Å². The minimum Gasteiger partial charge on any atom is -0.396 e. The number of rotatable bonds is 7. The van der Waals surface area contributed by atoms with E-state index in [1.165, 1.54) is 51.9 Å². The van der Waals surface area contributed by atoms with E-state index in [4.69, 9.17) is 5.11 Å². The van der Waals surface area contributed by atoms with Gasteiger partial charge in [-0.15, -0.1) is 0 Å². The van der Waals surface area contributed by atoms with Crippen LogP contribution in [-0.2, 0) is 0 Å². The molecule has 2 rings (SSSR count). The molecule has 3 heteroatoms. The predicted molar refractivity (Wildman–Crippen MR) is 61.9 cm³/mol. The highest BCUT2D eigenvalue weighted by Crippen LogP contribution is 2.20. The lowest BCUT2D eigenvalue weighted by Gasteiger charge is -2.15. The van der Waals surface area contributed by atoms with E-state index >= 15 is 0 Å². The highest BCUT2D eigenvalue weighted by atomic mass is 16.3. The molecule has 1 aliphatic heterocycles. The highest BCUT2D eigenvalue weighted by molar-refractivity contribution is 4.81. The number of aliphatic hydroxyl groups excluding tert-OH is 1. The van der Waals surface area contributed by atoms with Crippen LogP contribution in [0.15, 0.2) is 0 Å². The van der Waals surface area contributed by atoms with Crippen molar-refractivity contribution in [2.24, 2.45) is 5.92 Å². The normalized spacial score (nSPS) is 27.4. The van der Waals surface area contributed by atoms with Crippen LogP contribution in [0.5, 0.6) is 0 Å². The summed E-state index contributed by atoms with van der Waals surface area (Å²) in [6.07, 6.45) is 6.35. The summed E-state index contributed by atoms with van der Waals surface area (Å²) in [5, 5.41) is 12.4. The molecule has 1 heterocycles. The first kappa shape index (κ1) is 11.4. The Morgan fingerprint density at radius 3 is 2.87 bits per heavy atom. The van der Waals surface area contributed by atoms with Crippen molar-refractivity contribution in [3.8, 4) is 0 Å². The maximum absolute atomic E-state index is 8.87. The Hall–Kier alpha value is -0.120. The molecule has 0 bridgehead atoms. The van der Waals surface area contributed by atoms with Gasteiger partial charge in [-0.25, -0.2) is 0 Å². The van der Waals surface area contributed by atoms with Crippen LogP contribution in [0.2, 0.25) is 0 Å². The molecule has 88 valence electrons. The van der Waals surface area contributed by atoms with E-state index < -0.39 is 0 Å². The van der Waals surface area contributed by atoms with Gasteiger partial charge >= 0.3 is 0 Å². The van der Waals surface area contributed by atoms with Crippen LogP contribution in [0.1, 0.15) is 32.1 Å². The molecule has 1 atom stereocenters. The average molecular weight is 212 g/mol. The first-order chi connectivity index (χ1) is 7.38. The summed E-state index contributed by atoms with van der Waals surface area (Å²) in [4.78, 5) is 2.55. The molecule has 2 aliphatic rings. The van der Waals surface area contributed by atoms with E-state index in [0.717, 1.165) is 18.4 Å². The lowest BCUT2D eigenvalue weighted by Crippen LogP contribution is -2.26. The van der Waals surface area contributed by atoms with Gasteiger partial charge in [0.2, 0.25) is 0 Å². The summed E-state index contributed by atoms with van der Waals surface area (Å²) < 4.78 is 0. The second-order valence-corrected chi connectivity index (χ2v) is 5.05. The van der Waals surface area contributed by atoms with E-state index in [0.29, 0.717) is 6.61 Å². The fourth-order valence-corrected chi connectivity index (χ4v) is 2.43. The van der Waals surface area contributed by atoms with Gasteiger partial charge in [-0.2, -0.15) is 0 Å². The SMILES string of the molecule is OCCC1CCN(CCCNC2CC2)C1. The zero-order valence-corrected chi connectivity index (χ0v) is 9.62. The number of aliphatic hydroxyl groups is 1. The summed E-state index contributed by atoms with van der Waals surface area (Å²) >= 11 is 0. The molecule has 0 aromatic rings. The predicted octanol–water partition coefficient (Wildman–Crippen LogP) is 0.833. The lowest BCUT2D eigenvalue weighted by atomic mass is 10.1. The first-order valence-electron chi connectivity index (χ1n) is 6.45. The van der Waals surface area contributed by atoms with Gasteiger partial charge in [-0.1, -0.05) is 0 Å². The van der Waals surface area contributed by atoms with E-state index in [2.05, 4.69) is 10.2 Å². The Bertz CT molecular complexity index is 182. The summed E-state index contributed by atoms with van der Waals surface area (Å²) in [7, 11) is 0. The molecule has 0 aromatic carbocycles. The van der Waals surface area contributed by atoms with Crippen molar-refractivity contribution in [1.29, 1.82) is 0 Å². The van der Waals surface area contributed by atoms with Gasteiger partial charge in [-0.05, 0) is 57.7 Å². The number of nitrogens with zero attached hydrogens (tertiary/aromatic N) is 1. The number of hydrogen-bond acceptors (Lipinski definition) is 3. The molecule has 0 spiro atoms. The zero-order valence-electron chi connectivity index (χ0n) is 9.62. The largest absolute Gasteiger partial charge is 0.396 e. The van der Waals surface area contributed by atoms with Gasteiger partial charge in [-0.3, -0.25) is 0 Å².